The lowest BCUT2D eigenvalue weighted by Crippen LogP contribution is -2.24. The number of ether oxygens (including phenoxy) is 1. The zero-order chi connectivity index (χ0) is 27.6. The fourth-order valence-corrected chi connectivity index (χ4v) is 5.44. The molecule has 0 bridgehead atoms. The maximum atomic E-state index is 5.83. The van der Waals surface area contributed by atoms with Crippen LogP contribution in [0.1, 0.15) is 44.0 Å². The number of fused-ring (bicyclic) bond motifs is 1. The smallest absolute Gasteiger partial charge is 0.126 e. The second-order valence-corrected chi connectivity index (χ2v) is 11.8. The minimum atomic E-state index is 0.111. The van der Waals surface area contributed by atoms with Crippen LogP contribution in [0.2, 0.25) is 0 Å². The Kier molecular flexibility index (Phi) is 7.71. The standard InChI is InChI=1S/C32H40N6O/c1-21(37-31-16-25(18-33-31)32(2,3)4)36-26-9-7-8-22(13-26)14-28-27-17-30(39-6)24(15-29(27)35-20-34-28)12-23-10-11-38(5)19-23/h7-9,13,15-17,20,23,36H,1,10-12,14,18-19H2,2-6H3,(H,33,37)/t23-/m0/s1. The van der Waals surface area contributed by atoms with Gasteiger partial charge in [-0.1, -0.05) is 39.5 Å². The van der Waals surface area contributed by atoms with Crippen LogP contribution < -0.4 is 15.4 Å². The van der Waals surface area contributed by atoms with Crippen LogP contribution in [0.25, 0.3) is 10.9 Å². The number of hydrogen-bond donors (Lipinski definition) is 2. The number of hydrogen-bond acceptors (Lipinski definition) is 7. The Balaban J connectivity index is 1.30. The summed E-state index contributed by atoms with van der Waals surface area (Å²) in [6.07, 6.45) is 6.72. The first-order chi connectivity index (χ1) is 18.7. The number of aromatic nitrogens is 2. The number of nitrogens with one attached hydrogen (secondary N) is 2. The second kappa shape index (κ2) is 11.2. The lowest BCUT2D eigenvalue weighted by Gasteiger charge is -2.18. The van der Waals surface area contributed by atoms with Gasteiger partial charge in [0.05, 0.1) is 24.9 Å². The lowest BCUT2D eigenvalue weighted by molar-refractivity contribution is 0.386. The molecule has 0 unspecified atom stereocenters. The first kappa shape index (κ1) is 26.9. The monoisotopic (exact) mass is 524 g/mol. The molecule has 0 amide bonds. The maximum Gasteiger partial charge on any atom is 0.126 e. The molecule has 3 heterocycles. The fraction of sp³-hybridized carbons (Fsp3) is 0.406. The van der Waals surface area contributed by atoms with Crippen molar-refractivity contribution in [3.63, 3.8) is 0 Å². The predicted molar refractivity (Wildman–Crippen MR) is 160 cm³/mol. The Morgan fingerprint density at radius 1 is 1.15 bits per heavy atom. The molecule has 204 valence electrons. The van der Waals surface area contributed by atoms with Gasteiger partial charge in [0.25, 0.3) is 0 Å². The minimum Gasteiger partial charge on any atom is -0.496 e. The zero-order valence-corrected chi connectivity index (χ0v) is 23.8. The van der Waals surface area contributed by atoms with E-state index in [1.54, 1.807) is 13.4 Å². The average molecular weight is 525 g/mol. The third-order valence-corrected chi connectivity index (χ3v) is 7.68. The molecule has 7 nitrogen and oxygen atoms in total. The normalized spacial score (nSPS) is 17.7. The number of anilines is 1. The van der Waals surface area contributed by atoms with E-state index in [1.807, 2.05) is 6.07 Å². The predicted octanol–water partition coefficient (Wildman–Crippen LogP) is 5.58. The number of rotatable bonds is 8. The molecule has 3 aromatic rings. The first-order valence-electron chi connectivity index (χ1n) is 13.7. The molecule has 39 heavy (non-hydrogen) atoms. The molecule has 1 saturated heterocycles. The van der Waals surface area contributed by atoms with E-state index < -0.39 is 0 Å². The van der Waals surface area contributed by atoms with Crippen molar-refractivity contribution in [2.24, 2.45) is 16.3 Å². The van der Waals surface area contributed by atoms with Crippen LogP contribution in [0.3, 0.4) is 0 Å². The SMILES string of the molecule is C=C(NC1=NCC(C(C)(C)C)=C1)Nc1cccc(Cc2ncnc3cc(C[C@@H]4CCN(C)C4)c(OC)cc23)c1. The molecule has 0 aliphatic carbocycles. The topological polar surface area (TPSA) is 74.7 Å². The van der Waals surface area contributed by atoms with Crippen molar-refractivity contribution < 1.29 is 4.74 Å². The van der Waals surface area contributed by atoms with Crippen molar-refractivity contribution in [1.82, 2.24) is 20.2 Å². The van der Waals surface area contributed by atoms with Crippen LogP contribution in [-0.4, -0.2) is 54.5 Å². The van der Waals surface area contributed by atoms with Gasteiger partial charge in [0.2, 0.25) is 0 Å². The molecule has 0 saturated carbocycles. The quantitative estimate of drug-likeness (QED) is 0.401. The number of likely N-dealkylation sites (tertiary alicyclic amines) is 1. The highest BCUT2D eigenvalue weighted by molar-refractivity contribution is 5.97. The molecule has 1 aromatic heterocycles. The summed E-state index contributed by atoms with van der Waals surface area (Å²) in [5, 5.41) is 7.71. The van der Waals surface area contributed by atoms with Gasteiger partial charge in [-0.05, 0) is 84.8 Å². The molecular weight excluding hydrogens is 484 g/mol. The summed E-state index contributed by atoms with van der Waals surface area (Å²) in [4.78, 5) is 16.3. The van der Waals surface area contributed by atoms with Gasteiger partial charge >= 0.3 is 0 Å². The number of nitrogens with zero attached hydrogens (tertiary/aromatic N) is 4. The van der Waals surface area contributed by atoms with Crippen LogP contribution in [0.15, 0.2) is 71.8 Å². The van der Waals surface area contributed by atoms with Gasteiger partial charge in [0.15, 0.2) is 0 Å². The minimum absolute atomic E-state index is 0.111. The Bertz CT molecular complexity index is 1430. The van der Waals surface area contributed by atoms with E-state index in [0.29, 0.717) is 18.2 Å². The van der Waals surface area contributed by atoms with Crippen molar-refractivity contribution in [3.8, 4) is 5.75 Å². The van der Waals surface area contributed by atoms with Crippen molar-refractivity contribution in [2.75, 3.05) is 39.1 Å². The molecule has 1 atom stereocenters. The van der Waals surface area contributed by atoms with Gasteiger partial charge < -0.3 is 20.3 Å². The summed E-state index contributed by atoms with van der Waals surface area (Å²) in [7, 11) is 3.94. The lowest BCUT2D eigenvalue weighted by atomic mass is 9.87. The summed E-state index contributed by atoms with van der Waals surface area (Å²) < 4.78 is 5.83. The zero-order valence-electron chi connectivity index (χ0n) is 23.8. The molecule has 7 heteroatoms. The molecule has 0 spiro atoms. The van der Waals surface area contributed by atoms with Gasteiger partial charge in [-0.3, -0.25) is 4.99 Å². The summed E-state index contributed by atoms with van der Waals surface area (Å²) in [6.45, 7) is 13.8. The summed E-state index contributed by atoms with van der Waals surface area (Å²) in [6, 6.07) is 12.7. The van der Waals surface area contributed by atoms with Crippen LogP contribution in [0, 0.1) is 11.3 Å². The van der Waals surface area contributed by atoms with Crippen molar-refractivity contribution in [3.05, 3.63) is 83.6 Å². The second-order valence-electron chi connectivity index (χ2n) is 11.8. The average Bonchev–Trinajstić information content (AvgIpc) is 3.53. The Hall–Kier alpha value is -3.71. The van der Waals surface area contributed by atoms with E-state index in [9.17, 15) is 0 Å². The molecule has 0 radical (unpaired) electrons. The van der Waals surface area contributed by atoms with E-state index in [4.69, 9.17) is 4.74 Å². The van der Waals surface area contributed by atoms with Gasteiger partial charge in [-0.25, -0.2) is 9.97 Å². The highest BCUT2D eigenvalue weighted by atomic mass is 16.5. The molecule has 1 fully saturated rings. The molecule has 5 rings (SSSR count). The van der Waals surface area contributed by atoms with Crippen LogP contribution in [0.4, 0.5) is 5.69 Å². The van der Waals surface area contributed by atoms with Gasteiger partial charge in [-0.2, -0.15) is 0 Å². The molecule has 2 aliphatic heterocycles. The number of amidine groups is 1. The maximum absolute atomic E-state index is 5.83. The summed E-state index contributed by atoms with van der Waals surface area (Å²) >= 11 is 0. The molecule has 2 N–H and O–H groups in total. The number of aliphatic imine (C=N–C) groups is 1. The first-order valence-corrected chi connectivity index (χ1v) is 13.7. The van der Waals surface area contributed by atoms with E-state index in [0.717, 1.165) is 65.5 Å². The van der Waals surface area contributed by atoms with Crippen LogP contribution >= 0.6 is 0 Å². The van der Waals surface area contributed by atoms with E-state index in [2.05, 4.69) is 101 Å². The van der Waals surface area contributed by atoms with E-state index >= 15 is 0 Å². The van der Waals surface area contributed by atoms with E-state index in [1.165, 1.54) is 17.6 Å². The summed E-state index contributed by atoms with van der Waals surface area (Å²) in [5.41, 5.74) is 6.71. The van der Waals surface area contributed by atoms with Gasteiger partial charge in [0, 0.05) is 24.0 Å². The van der Waals surface area contributed by atoms with Gasteiger partial charge in [-0.15, -0.1) is 0 Å². The highest BCUT2D eigenvalue weighted by Gasteiger charge is 2.22. The fourth-order valence-electron chi connectivity index (χ4n) is 5.44. The largest absolute Gasteiger partial charge is 0.496 e. The van der Waals surface area contributed by atoms with Crippen molar-refractivity contribution in [1.29, 1.82) is 0 Å². The Morgan fingerprint density at radius 3 is 2.72 bits per heavy atom. The number of benzene rings is 2. The number of methoxy groups -OCH3 is 1. The Labute approximate surface area is 232 Å². The van der Waals surface area contributed by atoms with Crippen LogP contribution in [0.5, 0.6) is 5.75 Å². The third kappa shape index (κ3) is 6.48. The van der Waals surface area contributed by atoms with Crippen LogP contribution in [-0.2, 0) is 12.8 Å². The third-order valence-electron chi connectivity index (χ3n) is 7.68. The van der Waals surface area contributed by atoms with Gasteiger partial charge in [0.1, 0.15) is 23.7 Å². The summed E-state index contributed by atoms with van der Waals surface area (Å²) in [5.74, 6) is 3.11. The molecular formula is C32H40N6O. The molecule has 2 aliphatic rings. The van der Waals surface area contributed by atoms with Crippen molar-refractivity contribution >= 4 is 22.4 Å². The highest BCUT2D eigenvalue weighted by Crippen LogP contribution is 2.31. The Morgan fingerprint density at radius 2 is 2.00 bits per heavy atom. The molecule has 2 aromatic carbocycles. The van der Waals surface area contributed by atoms with Crippen molar-refractivity contribution in [2.45, 2.75) is 40.0 Å². The van der Waals surface area contributed by atoms with E-state index in [-0.39, 0.29) is 5.41 Å².